The molecule has 0 spiro atoms. The summed E-state index contributed by atoms with van der Waals surface area (Å²) in [7, 11) is 0. The van der Waals surface area contributed by atoms with Crippen molar-refractivity contribution < 1.29 is 4.52 Å². The number of hydrogen-bond donors (Lipinski definition) is 3. The van der Waals surface area contributed by atoms with E-state index >= 15 is 0 Å². The molecule has 0 unspecified atom stereocenters. The molecule has 1 aromatic carbocycles. The number of benzene rings is 1. The zero-order chi connectivity index (χ0) is 21.9. The molecular formula is C22H23ClN8OS. The number of aromatic nitrogens is 4. The number of guanidine groups is 1. The van der Waals surface area contributed by atoms with Crippen molar-refractivity contribution in [3.8, 4) is 22.6 Å². The highest BCUT2D eigenvalue weighted by molar-refractivity contribution is 7.14. The van der Waals surface area contributed by atoms with E-state index in [1.807, 2.05) is 46.7 Å². The average Bonchev–Trinajstić information content (AvgIpc) is 3.57. The molecule has 1 atom stereocenters. The quantitative estimate of drug-likeness (QED) is 0.273. The first-order valence-corrected chi connectivity index (χ1v) is 11.2. The molecule has 4 aromatic rings. The van der Waals surface area contributed by atoms with Gasteiger partial charge in [0.1, 0.15) is 0 Å². The zero-order valence-electron chi connectivity index (χ0n) is 17.6. The number of nitrogens with two attached hydrogens (primary N) is 1. The summed E-state index contributed by atoms with van der Waals surface area (Å²) in [5.74, 6) is 1.21. The Bertz CT molecular complexity index is 1210. The third-order valence-corrected chi connectivity index (χ3v) is 6.18. The van der Waals surface area contributed by atoms with Crippen molar-refractivity contribution in [3.63, 3.8) is 0 Å². The summed E-state index contributed by atoms with van der Waals surface area (Å²) in [5.41, 5.74) is 9.35. The van der Waals surface area contributed by atoms with Crippen LogP contribution < -0.4 is 11.1 Å². The van der Waals surface area contributed by atoms with Crippen LogP contribution in [0.25, 0.3) is 22.6 Å². The molecule has 1 saturated heterocycles. The van der Waals surface area contributed by atoms with Gasteiger partial charge in [-0.1, -0.05) is 5.16 Å². The van der Waals surface area contributed by atoms with Gasteiger partial charge in [-0.3, -0.25) is 10.4 Å². The molecule has 170 valence electrons. The van der Waals surface area contributed by atoms with Crippen molar-refractivity contribution in [2.45, 2.75) is 25.3 Å². The number of halogens is 1. The first kappa shape index (κ1) is 22.7. The highest BCUT2D eigenvalue weighted by atomic mass is 35.5. The smallest absolute Gasteiger partial charge is 0.229 e. The maximum Gasteiger partial charge on any atom is 0.229 e. The summed E-state index contributed by atoms with van der Waals surface area (Å²) < 4.78 is 5.45. The lowest BCUT2D eigenvalue weighted by molar-refractivity contribution is 0.320. The van der Waals surface area contributed by atoms with Crippen LogP contribution in [0.5, 0.6) is 0 Å². The summed E-state index contributed by atoms with van der Waals surface area (Å²) in [4.78, 5) is 15.2. The second-order valence-electron chi connectivity index (χ2n) is 7.57. The summed E-state index contributed by atoms with van der Waals surface area (Å²) in [6.07, 6.45) is 6.13. The van der Waals surface area contributed by atoms with Crippen LogP contribution in [0.3, 0.4) is 0 Å². The van der Waals surface area contributed by atoms with E-state index in [9.17, 15) is 0 Å². The first-order chi connectivity index (χ1) is 15.7. The third-order valence-electron chi connectivity index (χ3n) is 5.42. The Kier molecular flexibility index (Phi) is 6.85. The minimum atomic E-state index is 0. The van der Waals surface area contributed by atoms with Gasteiger partial charge in [-0.15, -0.1) is 23.7 Å². The number of anilines is 2. The van der Waals surface area contributed by atoms with Crippen LogP contribution in [0.1, 0.15) is 18.7 Å². The SMILES string of the molecule is Cl.N=C(N)N1CCC[C@H]1Cc1nc(-c2ccc(Nc3nc(-c4cccnc4)cs3)cc2)no1. The molecular weight excluding hydrogens is 460 g/mol. The molecule has 9 nitrogen and oxygen atoms in total. The van der Waals surface area contributed by atoms with Gasteiger partial charge in [-0.25, -0.2) is 4.98 Å². The van der Waals surface area contributed by atoms with Crippen LogP contribution in [0.15, 0.2) is 58.7 Å². The number of nitrogens with zero attached hydrogens (tertiary/aromatic N) is 5. The van der Waals surface area contributed by atoms with E-state index in [-0.39, 0.29) is 24.4 Å². The second kappa shape index (κ2) is 9.97. The zero-order valence-corrected chi connectivity index (χ0v) is 19.3. The molecule has 1 aliphatic rings. The number of pyridine rings is 1. The Morgan fingerprint density at radius 2 is 2.06 bits per heavy atom. The van der Waals surface area contributed by atoms with E-state index in [1.54, 1.807) is 23.7 Å². The predicted molar refractivity (Wildman–Crippen MR) is 131 cm³/mol. The van der Waals surface area contributed by atoms with Gasteiger partial charge in [0.2, 0.25) is 11.7 Å². The highest BCUT2D eigenvalue weighted by Gasteiger charge is 2.27. The van der Waals surface area contributed by atoms with Gasteiger partial charge in [-0.2, -0.15) is 4.98 Å². The van der Waals surface area contributed by atoms with Crippen molar-refractivity contribution in [3.05, 3.63) is 60.1 Å². The largest absolute Gasteiger partial charge is 0.370 e. The lowest BCUT2D eigenvalue weighted by Crippen LogP contribution is -2.41. The van der Waals surface area contributed by atoms with Crippen molar-refractivity contribution >= 4 is 40.5 Å². The molecule has 0 saturated carbocycles. The standard InChI is InChI=1S/C22H22N8OS.ClH/c23-21(24)30-10-2-4-17(30)11-19-28-20(29-31-19)14-5-7-16(8-6-14)26-22-27-18(13-32-22)15-3-1-9-25-12-15;/h1,3,5-9,12-13,17H,2,4,10-11H2,(H3,23,24)(H,26,27);1H/t17-;/m0./s1. The monoisotopic (exact) mass is 482 g/mol. The van der Waals surface area contributed by atoms with Gasteiger partial charge in [-0.05, 0) is 49.2 Å². The van der Waals surface area contributed by atoms with Gasteiger partial charge >= 0.3 is 0 Å². The number of thiazole rings is 1. The van der Waals surface area contributed by atoms with Gasteiger partial charge in [0, 0.05) is 53.6 Å². The van der Waals surface area contributed by atoms with Gasteiger partial charge < -0.3 is 20.5 Å². The Balaban J connectivity index is 0.00000259. The third kappa shape index (κ3) is 5.12. The number of likely N-dealkylation sites (tertiary alicyclic amines) is 1. The van der Waals surface area contributed by atoms with Crippen LogP contribution in [0, 0.1) is 5.41 Å². The molecule has 0 amide bonds. The topological polar surface area (TPSA) is 130 Å². The molecule has 0 aliphatic carbocycles. The van der Waals surface area contributed by atoms with Gasteiger partial charge in [0.25, 0.3) is 0 Å². The average molecular weight is 483 g/mol. The van der Waals surface area contributed by atoms with Crippen LogP contribution >= 0.6 is 23.7 Å². The summed E-state index contributed by atoms with van der Waals surface area (Å²) in [6.45, 7) is 0.804. The van der Waals surface area contributed by atoms with Crippen molar-refractivity contribution in [1.82, 2.24) is 25.0 Å². The Morgan fingerprint density at radius 3 is 2.82 bits per heavy atom. The fourth-order valence-electron chi connectivity index (χ4n) is 3.83. The lowest BCUT2D eigenvalue weighted by Gasteiger charge is -2.23. The van der Waals surface area contributed by atoms with Gasteiger partial charge in [0.05, 0.1) is 5.69 Å². The Morgan fingerprint density at radius 1 is 1.21 bits per heavy atom. The molecule has 4 heterocycles. The number of rotatable bonds is 6. The fourth-order valence-corrected chi connectivity index (χ4v) is 4.57. The molecule has 0 bridgehead atoms. The van der Waals surface area contributed by atoms with Crippen LogP contribution in [0.2, 0.25) is 0 Å². The number of nitrogens with one attached hydrogen (secondary N) is 2. The lowest BCUT2D eigenvalue weighted by atomic mass is 10.1. The highest BCUT2D eigenvalue weighted by Crippen LogP contribution is 2.28. The van der Waals surface area contributed by atoms with E-state index in [0.717, 1.165) is 47.0 Å². The number of hydrogen-bond acceptors (Lipinski definition) is 8. The minimum Gasteiger partial charge on any atom is -0.370 e. The summed E-state index contributed by atoms with van der Waals surface area (Å²) in [6, 6.07) is 11.9. The van der Waals surface area contributed by atoms with Crippen molar-refractivity contribution in [2.75, 3.05) is 11.9 Å². The van der Waals surface area contributed by atoms with E-state index in [1.165, 1.54) is 0 Å². The van der Waals surface area contributed by atoms with Crippen LogP contribution in [0.4, 0.5) is 10.8 Å². The van der Waals surface area contributed by atoms with E-state index in [2.05, 4.69) is 25.4 Å². The van der Waals surface area contributed by atoms with E-state index in [0.29, 0.717) is 18.1 Å². The Labute approximate surface area is 201 Å². The summed E-state index contributed by atoms with van der Waals surface area (Å²) in [5, 5.41) is 18.0. The van der Waals surface area contributed by atoms with Gasteiger partial charge in [0.15, 0.2) is 11.1 Å². The van der Waals surface area contributed by atoms with Crippen molar-refractivity contribution in [2.24, 2.45) is 5.73 Å². The van der Waals surface area contributed by atoms with Crippen LogP contribution in [-0.4, -0.2) is 43.6 Å². The molecule has 4 N–H and O–H groups in total. The Hall–Kier alpha value is -3.50. The molecule has 1 aliphatic heterocycles. The molecule has 5 rings (SSSR count). The molecule has 0 radical (unpaired) electrons. The summed E-state index contributed by atoms with van der Waals surface area (Å²) >= 11 is 1.54. The predicted octanol–water partition coefficient (Wildman–Crippen LogP) is 4.32. The molecule has 33 heavy (non-hydrogen) atoms. The van der Waals surface area contributed by atoms with E-state index < -0.39 is 0 Å². The van der Waals surface area contributed by atoms with Crippen molar-refractivity contribution in [1.29, 1.82) is 5.41 Å². The molecule has 3 aromatic heterocycles. The second-order valence-corrected chi connectivity index (χ2v) is 8.43. The molecule has 1 fully saturated rings. The normalized spacial score (nSPS) is 15.3. The fraction of sp³-hybridized carbons (Fsp3) is 0.227. The maximum absolute atomic E-state index is 7.70. The van der Waals surface area contributed by atoms with E-state index in [4.69, 9.17) is 15.7 Å². The molecule has 11 heteroatoms. The minimum absolute atomic E-state index is 0. The first-order valence-electron chi connectivity index (χ1n) is 10.3. The van der Waals surface area contributed by atoms with Crippen LogP contribution in [-0.2, 0) is 6.42 Å². The maximum atomic E-state index is 7.70.